The van der Waals surface area contributed by atoms with E-state index in [0.29, 0.717) is 16.5 Å². The number of nitriles is 1. The Balaban J connectivity index is 2.86. The number of halogens is 1. The number of H-pyrrole nitrogens is 1. The Morgan fingerprint density at radius 3 is 3.17 bits per heavy atom. The molecule has 0 aromatic carbocycles. The molecule has 0 aliphatic carbocycles. The van der Waals surface area contributed by atoms with Gasteiger partial charge < -0.3 is 4.98 Å². The lowest BCUT2D eigenvalue weighted by Crippen LogP contribution is -1.80. The lowest BCUT2D eigenvalue weighted by molar-refractivity contribution is 0.586. The third kappa shape index (κ3) is 0.839. The Kier molecular flexibility index (Phi) is 1.31. The third-order valence-corrected chi connectivity index (χ3v) is 1.65. The predicted octanol–water partition coefficient (Wildman–Crippen LogP) is 1.57. The molecule has 0 aliphatic heterocycles. The van der Waals surface area contributed by atoms with Gasteiger partial charge in [0.2, 0.25) is 5.95 Å². The fraction of sp³-hybridized carbons (Fsp3) is 0. The molecule has 1 N–H and O–H groups in total. The molecule has 2 aromatic rings. The predicted molar refractivity (Wildman–Crippen MR) is 40.8 cm³/mol. The van der Waals surface area contributed by atoms with Crippen molar-refractivity contribution in [3.8, 4) is 6.07 Å². The van der Waals surface area contributed by atoms with Gasteiger partial charge in [-0.2, -0.15) is 9.65 Å². The number of hydrogen-bond acceptors (Lipinski definition) is 2. The molecule has 0 atom stereocenters. The number of pyridine rings is 1. The topological polar surface area (TPSA) is 52.5 Å². The summed E-state index contributed by atoms with van der Waals surface area (Å²) in [4.78, 5) is 6.26. The normalized spacial score (nSPS) is 10.0. The minimum absolute atomic E-state index is 0.436. The largest absolute Gasteiger partial charge is 0.359 e. The van der Waals surface area contributed by atoms with Crippen LogP contribution >= 0.6 is 0 Å². The van der Waals surface area contributed by atoms with Gasteiger partial charge in [-0.25, -0.2) is 4.98 Å². The minimum atomic E-state index is -0.571. The van der Waals surface area contributed by atoms with E-state index < -0.39 is 5.95 Å². The maximum Gasteiger partial charge on any atom is 0.213 e. The van der Waals surface area contributed by atoms with Crippen LogP contribution in [0.5, 0.6) is 0 Å². The van der Waals surface area contributed by atoms with Crippen molar-refractivity contribution in [1.29, 1.82) is 5.26 Å². The van der Waals surface area contributed by atoms with Crippen molar-refractivity contribution in [2.24, 2.45) is 0 Å². The quantitative estimate of drug-likeness (QED) is 0.596. The van der Waals surface area contributed by atoms with E-state index in [9.17, 15) is 4.39 Å². The summed E-state index contributed by atoms with van der Waals surface area (Å²) in [6.45, 7) is 0. The summed E-state index contributed by atoms with van der Waals surface area (Å²) in [5, 5.41) is 9.18. The zero-order valence-electron chi connectivity index (χ0n) is 6.00. The van der Waals surface area contributed by atoms with Crippen LogP contribution in [-0.4, -0.2) is 9.97 Å². The van der Waals surface area contributed by atoms with E-state index >= 15 is 0 Å². The molecular formula is C8H4FN3. The Morgan fingerprint density at radius 1 is 1.58 bits per heavy atom. The molecule has 0 saturated heterocycles. The molecule has 0 spiro atoms. The number of nitrogens with zero attached hydrogens (tertiary/aromatic N) is 2. The van der Waals surface area contributed by atoms with Gasteiger partial charge in [-0.15, -0.1) is 0 Å². The van der Waals surface area contributed by atoms with Crippen LogP contribution in [0.25, 0.3) is 10.9 Å². The van der Waals surface area contributed by atoms with Crippen LogP contribution in [0, 0.1) is 17.3 Å². The van der Waals surface area contributed by atoms with Crippen molar-refractivity contribution in [1.82, 2.24) is 9.97 Å². The van der Waals surface area contributed by atoms with E-state index in [1.165, 1.54) is 18.5 Å². The molecular weight excluding hydrogens is 157 g/mol. The fourth-order valence-corrected chi connectivity index (χ4v) is 1.09. The molecule has 0 aliphatic rings. The highest BCUT2D eigenvalue weighted by molar-refractivity contribution is 5.84. The number of rotatable bonds is 0. The highest BCUT2D eigenvalue weighted by Crippen LogP contribution is 2.16. The van der Waals surface area contributed by atoms with Gasteiger partial charge in [-0.1, -0.05) is 0 Å². The van der Waals surface area contributed by atoms with Gasteiger partial charge in [0.1, 0.15) is 6.07 Å². The SMILES string of the molecule is N#Cc1c[nH]c2cnc(F)cc12. The van der Waals surface area contributed by atoms with Crippen LogP contribution in [0.2, 0.25) is 0 Å². The second kappa shape index (κ2) is 2.31. The van der Waals surface area contributed by atoms with E-state index in [1.807, 2.05) is 6.07 Å². The second-order valence-corrected chi connectivity index (χ2v) is 2.37. The average Bonchev–Trinajstić information content (AvgIpc) is 2.46. The van der Waals surface area contributed by atoms with Gasteiger partial charge in [-0.05, 0) is 0 Å². The molecule has 0 saturated carbocycles. The Morgan fingerprint density at radius 2 is 2.42 bits per heavy atom. The van der Waals surface area contributed by atoms with Crippen LogP contribution in [0.4, 0.5) is 4.39 Å². The maximum atomic E-state index is 12.6. The molecule has 0 bridgehead atoms. The van der Waals surface area contributed by atoms with E-state index in [1.54, 1.807) is 0 Å². The highest BCUT2D eigenvalue weighted by atomic mass is 19.1. The first-order valence-corrected chi connectivity index (χ1v) is 3.34. The minimum Gasteiger partial charge on any atom is -0.359 e. The number of aromatic nitrogens is 2. The Labute approximate surface area is 67.5 Å². The highest BCUT2D eigenvalue weighted by Gasteiger charge is 2.03. The molecule has 2 rings (SSSR count). The Bertz CT molecular complexity index is 467. The number of aromatic amines is 1. The zero-order valence-corrected chi connectivity index (χ0v) is 6.00. The van der Waals surface area contributed by atoms with Gasteiger partial charge in [-0.3, -0.25) is 0 Å². The molecule has 0 fully saturated rings. The summed E-state index contributed by atoms with van der Waals surface area (Å²) in [5.74, 6) is -0.571. The van der Waals surface area contributed by atoms with Crippen LogP contribution in [-0.2, 0) is 0 Å². The van der Waals surface area contributed by atoms with Crippen LogP contribution in [0.3, 0.4) is 0 Å². The van der Waals surface area contributed by atoms with Gasteiger partial charge in [0.15, 0.2) is 0 Å². The standard InChI is InChI=1S/C8H4FN3/c9-8-1-6-5(2-10)3-11-7(6)4-12-8/h1,3-4,11H. The van der Waals surface area contributed by atoms with Gasteiger partial charge in [0.25, 0.3) is 0 Å². The lowest BCUT2D eigenvalue weighted by Gasteiger charge is -1.88. The second-order valence-electron chi connectivity index (χ2n) is 2.37. The van der Waals surface area contributed by atoms with E-state index in [0.717, 1.165) is 0 Å². The molecule has 2 heterocycles. The fourth-order valence-electron chi connectivity index (χ4n) is 1.09. The third-order valence-electron chi connectivity index (χ3n) is 1.65. The molecule has 4 heteroatoms. The monoisotopic (exact) mass is 161 g/mol. The first-order chi connectivity index (χ1) is 5.81. The van der Waals surface area contributed by atoms with E-state index in [4.69, 9.17) is 5.26 Å². The van der Waals surface area contributed by atoms with Crippen LogP contribution < -0.4 is 0 Å². The summed E-state index contributed by atoms with van der Waals surface area (Å²) in [6, 6.07) is 3.19. The van der Waals surface area contributed by atoms with Gasteiger partial charge in [0, 0.05) is 17.6 Å². The molecule has 58 valence electrons. The smallest absolute Gasteiger partial charge is 0.213 e. The van der Waals surface area contributed by atoms with Crippen LogP contribution in [0.15, 0.2) is 18.5 Å². The number of nitrogens with one attached hydrogen (secondary N) is 1. The number of fused-ring (bicyclic) bond motifs is 1. The van der Waals surface area contributed by atoms with Crippen molar-refractivity contribution < 1.29 is 4.39 Å². The number of hydrogen-bond donors (Lipinski definition) is 1. The molecule has 2 aromatic heterocycles. The summed E-state index contributed by atoms with van der Waals surface area (Å²) in [6.07, 6.45) is 2.90. The lowest BCUT2D eigenvalue weighted by atomic mass is 10.2. The van der Waals surface area contributed by atoms with Crippen LogP contribution in [0.1, 0.15) is 5.56 Å². The molecule has 12 heavy (non-hydrogen) atoms. The summed E-state index contributed by atoms with van der Waals surface area (Å²) in [5.41, 5.74) is 1.11. The molecule has 0 unspecified atom stereocenters. The van der Waals surface area contributed by atoms with E-state index in [-0.39, 0.29) is 0 Å². The summed E-state index contributed by atoms with van der Waals surface area (Å²) in [7, 11) is 0. The van der Waals surface area contributed by atoms with Gasteiger partial charge in [0.05, 0.1) is 17.3 Å². The zero-order chi connectivity index (χ0) is 8.55. The van der Waals surface area contributed by atoms with Crippen molar-refractivity contribution in [2.75, 3.05) is 0 Å². The Hall–Kier alpha value is -1.89. The average molecular weight is 161 g/mol. The summed E-state index contributed by atoms with van der Waals surface area (Å²) < 4.78 is 12.6. The first-order valence-electron chi connectivity index (χ1n) is 3.34. The molecule has 3 nitrogen and oxygen atoms in total. The first kappa shape index (κ1) is 6.80. The van der Waals surface area contributed by atoms with Crippen molar-refractivity contribution in [3.05, 3.63) is 30.0 Å². The maximum absolute atomic E-state index is 12.6. The van der Waals surface area contributed by atoms with Crippen molar-refractivity contribution in [3.63, 3.8) is 0 Å². The van der Waals surface area contributed by atoms with Gasteiger partial charge >= 0.3 is 0 Å². The van der Waals surface area contributed by atoms with Crippen molar-refractivity contribution >= 4 is 10.9 Å². The summed E-state index contributed by atoms with van der Waals surface area (Å²) >= 11 is 0. The van der Waals surface area contributed by atoms with E-state index in [2.05, 4.69) is 9.97 Å². The molecule has 0 amide bonds. The van der Waals surface area contributed by atoms with Crippen molar-refractivity contribution in [2.45, 2.75) is 0 Å². The molecule has 0 radical (unpaired) electrons.